The number of ether oxygens (including phenoxy) is 1. The highest BCUT2D eigenvalue weighted by atomic mass is 16.5. The molecule has 1 aliphatic heterocycles. The third-order valence-corrected chi connectivity index (χ3v) is 3.16. The predicted octanol–water partition coefficient (Wildman–Crippen LogP) is 2.36. The second-order valence-corrected chi connectivity index (χ2v) is 3.90. The maximum absolute atomic E-state index is 5.66. The van der Waals surface area contributed by atoms with Crippen LogP contribution in [0.25, 0.3) is 0 Å². The second-order valence-electron chi connectivity index (χ2n) is 3.90. The zero-order valence-corrected chi connectivity index (χ0v) is 6.73. The highest BCUT2D eigenvalue weighted by Crippen LogP contribution is 2.49. The average molecular weight is 140 g/mol. The van der Waals surface area contributed by atoms with Gasteiger partial charge in [0.2, 0.25) is 0 Å². The van der Waals surface area contributed by atoms with Gasteiger partial charge in [0.05, 0.1) is 12.7 Å². The van der Waals surface area contributed by atoms with Gasteiger partial charge in [-0.2, -0.15) is 0 Å². The van der Waals surface area contributed by atoms with Crippen LogP contribution in [0.4, 0.5) is 0 Å². The molecule has 2 fully saturated rings. The third kappa shape index (κ3) is 0.878. The summed E-state index contributed by atoms with van der Waals surface area (Å²) in [6.45, 7) is 3.29. The zero-order valence-electron chi connectivity index (χ0n) is 6.73. The molecule has 2 rings (SSSR count). The standard InChI is InChI=1S/C9H16O/c1-2-8-6-9(7-10-8)4-3-5-9/h8H,2-7H2,1H3. The molecule has 2 aliphatic rings. The number of hydrogen-bond acceptors (Lipinski definition) is 1. The first kappa shape index (κ1) is 6.66. The van der Waals surface area contributed by atoms with Gasteiger partial charge in [-0.05, 0) is 31.1 Å². The summed E-state index contributed by atoms with van der Waals surface area (Å²) in [7, 11) is 0. The monoisotopic (exact) mass is 140 g/mol. The minimum atomic E-state index is 0.597. The molecule has 10 heavy (non-hydrogen) atoms. The first-order valence-corrected chi connectivity index (χ1v) is 4.46. The van der Waals surface area contributed by atoms with E-state index in [2.05, 4.69) is 6.92 Å². The summed E-state index contributed by atoms with van der Waals surface area (Å²) in [4.78, 5) is 0. The van der Waals surface area contributed by atoms with E-state index in [-0.39, 0.29) is 0 Å². The molecule has 0 bridgehead atoms. The predicted molar refractivity (Wildman–Crippen MR) is 40.9 cm³/mol. The van der Waals surface area contributed by atoms with Gasteiger partial charge in [0, 0.05) is 0 Å². The summed E-state index contributed by atoms with van der Waals surface area (Å²) in [5.74, 6) is 0. The first-order valence-electron chi connectivity index (χ1n) is 4.46. The lowest BCUT2D eigenvalue weighted by molar-refractivity contribution is 0.0678. The van der Waals surface area contributed by atoms with Crippen LogP contribution >= 0.6 is 0 Å². The Kier molecular flexibility index (Phi) is 1.48. The van der Waals surface area contributed by atoms with Crippen LogP contribution in [-0.4, -0.2) is 12.7 Å². The Bertz CT molecular complexity index is 127. The van der Waals surface area contributed by atoms with Crippen molar-refractivity contribution in [2.24, 2.45) is 5.41 Å². The molecule has 1 saturated carbocycles. The highest BCUT2D eigenvalue weighted by Gasteiger charge is 2.43. The summed E-state index contributed by atoms with van der Waals surface area (Å²) in [6, 6.07) is 0. The zero-order chi connectivity index (χ0) is 7.03. The van der Waals surface area contributed by atoms with Crippen LogP contribution in [0.3, 0.4) is 0 Å². The number of rotatable bonds is 1. The van der Waals surface area contributed by atoms with Gasteiger partial charge in [-0.3, -0.25) is 0 Å². The molecular weight excluding hydrogens is 124 g/mol. The van der Waals surface area contributed by atoms with Gasteiger partial charge in [-0.1, -0.05) is 13.3 Å². The normalized spacial score (nSPS) is 36.3. The molecule has 0 radical (unpaired) electrons. The Morgan fingerprint density at radius 2 is 2.30 bits per heavy atom. The van der Waals surface area contributed by atoms with Gasteiger partial charge >= 0.3 is 0 Å². The minimum absolute atomic E-state index is 0.597. The van der Waals surface area contributed by atoms with Gasteiger partial charge in [-0.25, -0.2) is 0 Å². The molecule has 1 heterocycles. The fourth-order valence-corrected chi connectivity index (χ4v) is 2.18. The topological polar surface area (TPSA) is 9.23 Å². The summed E-state index contributed by atoms with van der Waals surface area (Å²) < 4.78 is 5.66. The summed E-state index contributed by atoms with van der Waals surface area (Å²) in [6.07, 6.45) is 7.47. The Morgan fingerprint density at radius 1 is 1.50 bits per heavy atom. The lowest BCUT2D eigenvalue weighted by Crippen LogP contribution is -2.29. The van der Waals surface area contributed by atoms with Crippen molar-refractivity contribution < 1.29 is 4.74 Å². The van der Waals surface area contributed by atoms with Crippen molar-refractivity contribution in [3.63, 3.8) is 0 Å². The van der Waals surface area contributed by atoms with E-state index in [0.29, 0.717) is 11.5 Å². The fourth-order valence-electron chi connectivity index (χ4n) is 2.18. The molecule has 1 saturated heterocycles. The van der Waals surface area contributed by atoms with E-state index in [4.69, 9.17) is 4.74 Å². The van der Waals surface area contributed by atoms with Crippen molar-refractivity contribution in [1.82, 2.24) is 0 Å². The van der Waals surface area contributed by atoms with E-state index >= 15 is 0 Å². The van der Waals surface area contributed by atoms with Crippen LogP contribution in [0.5, 0.6) is 0 Å². The van der Waals surface area contributed by atoms with Crippen LogP contribution < -0.4 is 0 Å². The first-order chi connectivity index (χ1) is 4.85. The van der Waals surface area contributed by atoms with Crippen molar-refractivity contribution in [1.29, 1.82) is 0 Å². The van der Waals surface area contributed by atoms with Crippen LogP contribution in [0, 0.1) is 5.41 Å². The van der Waals surface area contributed by atoms with Gasteiger partial charge in [0.15, 0.2) is 0 Å². The van der Waals surface area contributed by atoms with Crippen molar-refractivity contribution in [2.75, 3.05) is 6.61 Å². The van der Waals surface area contributed by atoms with Gasteiger partial charge < -0.3 is 4.74 Å². The van der Waals surface area contributed by atoms with E-state index in [9.17, 15) is 0 Å². The Morgan fingerprint density at radius 3 is 2.60 bits per heavy atom. The number of hydrogen-bond donors (Lipinski definition) is 0. The van der Waals surface area contributed by atoms with Crippen molar-refractivity contribution >= 4 is 0 Å². The summed E-state index contributed by atoms with van der Waals surface area (Å²) in [5, 5.41) is 0. The molecule has 58 valence electrons. The maximum Gasteiger partial charge on any atom is 0.0579 e. The summed E-state index contributed by atoms with van der Waals surface area (Å²) >= 11 is 0. The molecule has 0 aromatic heterocycles. The molecule has 1 unspecified atom stereocenters. The van der Waals surface area contributed by atoms with Gasteiger partial charge in [-0.15, -0.1) is 0 Å². The van der Waals surface area contributed by atoms with E-state index in [1.54, 1.807) is 0 Å². The second kappa shape index (κ2) is 2.23. The molecular formula is C9H16O. The van der Waals surface area contributed by atoms with Crippen molar-refractivity contribution in [3.8, 4) is 0 Å². The van der Waals surface area contributed by atoms with Crippen LogP contribution in [0.15, 0.2) is 0 Å². The molecule has 1 aliphatic carbocycles. The van der Waals surface area contributed by atoms with E-state index in [1.807, 2.05) is 0 Å². The summed E-state index contributed by atoms with van der Waals surface area (Å²) in [5.41, 5.74) is 0.667. The quantitative estimate of drug-likeness (QED) is 0.543. The van der Waals surface area contributed by atoms with Crippen molar-refractivity contribution in [3.05, 3.63) is 0 Å². The smallest absolute Gasteiger partial charge is 0.0579 e. The SMILES string of the molecule is CCC1CC2(CCC2)CO1. The van der Waals surface area contributed by atoms with E-state index < -0.39 is 0 Å². The molecule has 0 N–H and O–H groups in total. The minimum Gasteiger partial charge on any atom is -0.378 e. The fraction of sp³-hybridized carbons (Fsp3) is 1.00. The third-order valence-electron chi connectivity index (χ3n) is 3.16. The van der Waals surface area contributed by atoms with Gasteiger partial charge in [0.1, 0.15) is 0 Å². The van der Waals surface area contributed by atoms with Gasteiger partial charge in [0.25, 0.3) is 0 Å². The molecule has 1 spiro atoms. The molecule has 0 amide bonds. The average Bonchev–Trinajstić information content (AvgIpc) is 2.29. The van der Waals surface area contributed by atoms with E-state index in [0.717, 1.165) is 6.61 Å². The highest BCUT2D eigenvalue weighted by molar-refractivity contribution is 4.93. The molecule has 1 nitrogen and oxygen atoms in total. The van der Waals surface area contributed by atoms with Crippen LogP contribution in [0.1, 0.15) is 39.0 Å². The lowest BCUT2D eigenvalue weighted by Gasteiger charge is -2.36. The molecule has 0 aromatic carbocycles. The van der Waals surface area contributed by atoms with Crippen LogP contribution in [-0.2, 0) is 4.74 Å². The Hall–Kier alpha value is -0.0400. The molecule has 1 heteroatoms. The largest absolute Gasteiger partial charge is 0.378 e. The van der Waals surface area contributed by atoms with Crippen LogP contribution in [0.2, 0.25) is 0 Å². The maximum atomic E-state index is 5.66. The molecule has 1 atom stereocenters. The Labute approximate surface area is 62.8 Å². The Balaban J connectivity index is 1.92. The lowest BCUT2D eigenvalue weighted by atomic mass is 9.67. The van der Waals surface area contributed by atoms with E-state index in [1.165, 1.54) is 32.1 Å². The van der Waals surface area contributed by atoms with Crippen molar-refractivity contribution in [2.45, 2.75) is 45.1 Å². The molecule has 0 aromatic rings.